The van der Waals surface area contributed by atoms with Crippen LogP contribution in [0.25, 0.3) is 32.3 Å². The smallest absolute Gasteiger partial charge is 0.148 e. The highest BCUT2D eigenvalue weighted by molar-refractivity contribution is 6.18. The zero-order valence-electron chi connectivity index (χ0n) is 14.7. The Kier molecular flexibility index (Phi) is 3.91. The molecule has 1 aliphatic rings. The lowest BCUT2D eigenvalue weighted by molar-refractivity contribution is 0.0386. The predicted octanol–water partition coefficient (Wildman–Crippen LogP) is 6.24. The summed E-state index contributed by atoms with van der Waals surface area (Å²) in [6, 6.07) is 24.0. The van der Waals surface area contributed by atoms with Crippen LogP contribution < -0.4 is 0 Å². The molecule has 4 aromatic rings. The van der Waals surface area contributed by atoms with Gasteiger partial charge in [0.2, 0.25) is 0 Å². The Balaban J connectivity index is 1.68. The summed E-state index contributed by atoms with van der Waals surface area (Å²) in [4.78, 5) is 4.49. The summed E-state index contributed by atoms with van der Waals surface area (Å²) in [7, 11) is 0. The maximum atomic E-state index is 6.14. The van der Waals surface area contributed by atoms with Crippen molar-refractivity contribution in [2.45, 2.75) is 32.1 Å². The van der Waals surface area contributed by atoms with Crippen LogP contribution in [0.3, 0.4) is 0 Å². The molecule has 0 saturated carbocycles. The molecular formula is C24H21NO. The summed E-state index contributed by atoms with van der Waals surface area (Å²) in [6.07, 6.45) is 5.26. The van der Waals surface area contributed by atoms with Crippen molar-refractivity contribution in [2.75, 3.05) is 0 Å². The molecule has 2 heteroatoms. The molecule has 1 aliphatic heterocycles. The lowest BCUT2D eigenvalue weighted by Gasteiger charge is -2.18. The van der Waals surface area contributed by atoms with Crippen LogP contribution in [-0.2, 0) is 11.3 Å². The molecule has 128 valence electrons. The molecule has 26 heavy (non-hydrogen) atoms. The molecule has 0 fully saturated rings. The van der Waals surface area contributed by atoms with Crippen molar-refractivity contribution in [1.82, 2.24) is 0 Å². The Bertz CT molecular complexity index is 1130. The van der Waals surface area contributed by atoms with E-state index < -0.39 is 0 Å². The van der Waals surface area contributed by atoms with E-state index in [9.17, 15) is 0 Å². The Hall–Kier alpha value is -2.71. The Morgan fingerprint density at radius 2 is 1.58 bits per heavy atom. The van der Waals surface area contributed by atoms with E-state index in [-0.39, 0.29) is 6.23 Å². The fraction of sp³-hybridized carbons (Fsp3) is 0.208. The van der Waals surface area contributed by atoms with E-state index in [4.69, 9.17) is 4.74 Å². The number of nitrogens with zero attached hydrogens (tertiary/aromatic N) is 1. The Morgan fingerprint density at radius 3 is 2.42 bits per heavy atom. The molecule has 0 bridgehead atoms. The Labute approximate surface area is 153 Å². The highest BCUT2D eigenvalue weighted by Gasteiger charge is 2.13. The second kappa shape index (κ2) is 6.54. The van der Waals surface area contributed by atoms with E-state index >= 15 is 0 Å². The number of hydrogen-bond donors (Lipinski definition) is 0. The largest absolute Gasteiger partial charge is 0.352 e. The number of ether oxygens (including phenoxy) is 1. The van der Waals surface area contributed by atoms with Gasteiger partial charge in [-0.3, -0.25) is 4.99 Å². The van der Waals surface area contributed by atoms with Gasteiger partial charge < -0.3 is 4.74 Å². The molecule has 0 aliphatic carbocycles. The van der Waals surface area contributed by atoms with Gasteiger partial charge in [0.05, 0.1) is 6.61 Å². The van der Waals surface area contributed by atoms with Gasteiger partial charge in [0, 0.05) is 6.21 Å². The van der Waals surface area contributed by atoms with Gasteiger partial charge in [0.1, 0.15) is 6.23 Å². The molecule has 1 atom stereocenters. The van der Waals surface area contributed by atoms with Crippen molar-refractivity contribution >= 4 is 38.5 Å². The van der Waals surface area contributed by atoms with Crippen LogP contribution in [0.15, 0.2) is 71.7 Å². The van der Waals surface area contributed by atoms with Crippen LogP contribution in [0.2, 0.25) is 0 Å². The van der Waals surface area contributed by atoms with Gasteiger partial charge in [-0.25, -0.2) is 0 Å². The summed E-state index contributed by atoms with van der Waals surface area (Å²) in [5.41, 5.74) is 1.24. The maximum Gasteiger partial charge on any atom is 0.148 e. The first-order valence-electron chi connectivity index (χ1n) is 9.35. The van der Waals surface area contributed by atoms with Crippen molar-refractivity contribution in [3.8, 4) is 0 Å². The molecule has 1 unspecified atom stereocenters. The molecule has 0 N–H and O–H groups in total. The van der Waals surface area contributed by atoms with E-state index in [2.05, 4.69) is 71.7 Å². The van der Waals surface area contributed by atoms with Gasteiger partial charge in [0.25, 0.3) is 0 Å². The second-order valence-corrected chi connectivity index (χ2v) is 6.99. The van der Waals surface area contributed by atoms with Gasteiger partial charge in [-0.05, 0) is 63.2 Å². The third-order valence-electron chi connectivity index (χ3n) is 5.34. The van der Waals surface area contributed by atoms with Crippen LogP contribution in [0, 0.1) is 0 Å². The summed E-state index contributed by atoms with van der Waals surface area (Å²) in [6.45, 7) is 0.599. The summed E-state index contributed by atoms with van der Waals surface area (Å²) < 4.78 is 6.14. The number of fused-ring (bicyclic) bond motifs is 5. The zero-order valence-corrected chi connectivity index (χ0v) is 14.7. The molecule has 1 heterocycles. The number of rotatable bonds is 3. The maximum absolute atomic E-state index is 6.14. The first-order chi connectivity index (χ1) is 12.9. The standard InChI is InChI=1S/C24H21NO/c1-2-8-19-17(7-1)12-13-22-21-10-4-3-9-20(21)18(15-23(19)22)16-26-24-11-5-6-14-25-24/h1-4,7-10,12-15,24H,5-6,11,16H2. The molecule has 0 saturated heterocycles. The predicted molar refractivity (Wildman–Crippen MR) is 110 cm³/mol. The average Bonchev–Trinajstić information content (AvgIpc) is 2.72. The van der Waals surface area contributed by atoms with E-state index in [1.54, 1.807) is 0 Å². The van der Waals surface area contributed by atoms with Gasteiger partial charge in [-0.2, -0.15) is 0 Å². The molecule has 4 aromatic carbocycles. The molecular weight excluding hydrogens is 318 g/mol. The number of benzene rings is 4. The summed E-state index contributed by atoms with van der Waals surface area (Å²) >= 11 is 0. The van der Waals surface area contributed by atoms with Gasteiger partial charge in [-0.1, -0.05) is 60.7 Å². The highest BCUT2D eigenvalue weighted by atomic mass is 16.5. The SMILES string of the molecule is C1=NC(OCc2cc3c4ccccc4ccc3c3ccccc23)CCC1. The van der Waals surface area contributed by atoms with Crippen molar-refractivity contribution in [3.63, 3.8) is 0 Å². The third kappa shape index (κ3) is 2.67. The number of aliphatic imine (C=N–C) groups is 1. The lowest BCUT2D eigenvalue weighted by Crippen LogP contribution is -2.13. The minimum Gasteiger partial charge on any atom is -0.352 e. The summed E-state index contributed by atoms with van der Waals surface area (Å²) in [5, 5.41) is 7.74. The van der Waals surface area contributed by atoms with Gasteiger partial charge >= 0.3 is 0 Å². The van der Waals surface area contributed by atoms with E-state index in [1.165, 1.54) is 37.9 Å². The van der Waals surface area contributed by atoms with Crippen LogP contribution in [0.4, 0.5) is 0 Å². The highest BCUT2D eigenvalue weighted by Crippen LogP contribution is 2.34. The van der Waals surface area contributed by atoms with Crippen LogP contribution in [0.5, 0.6) is 0 Å². The monoisotopic (exact) mass is 339 g/mol. The Morgan fingerprint density at radius 1 is 0.808 bits per heavy atom. The van der Waals surface area contributed by atoms with Crippen LogP contribution in [-0.4, -0.2) is 12.4 Å². The van der Waals surface area contributed by atoms with E-state index in [1.807, 2.05) is 6.21 Å². The second-order valence-electron chi connectivity index (χ2n) is 6.99. The molecule has 0 aromatic heterocycles. The van der Waals surface area contributed by atoms with Crippen molar-refractivity contribution in [1.29, 1.82) is 0 Å². The topological polar surface area (TPSA) is 21.6 Å². The van der Waals surface area contributed by atoms with Crippen molar-refractivity contribution in [3.05, 3.63) is 72.3 Å². The van der Waals surface area contributed by atoms with E-state index in [0.717, 1.165) is 19.3 Å². The van der Waals surface area contributed by atoms with Crippen molar-refractivity contribution in [2.24, 2.45) is 4.99 Å². The van der Waals surface area contributed by atoms with Gasteiger partial charge in [0.15, 0.2) is 0 Å². The molecule has 2 nitrogen and oxygen atoms in total. The summed E-state index contributed by atoms with van der Waals surface area (Å²) in [5.74, 6) is 0. The lowest BCUT2D eigenvalue weighted by atomic mass is 9.94. The molecule has 5 rings (SSSR count). The third-order valence-corrected chi connectivity index (χ3v) is 5.34. The fourth-order valence-corrected chi connectivity index (χ4v) is 4.02. The minimum absolute atomic E-state index is 0.00530. The average molecular weight is 339 g/mol. The number of hydrogen-bond acceptors (Lipinski definition) is 2. The minimum atomic E-state index is 0.00530. The molecule has 0 radical (unpaired) electrons. The molecule has 0 spiro atoms. The normalized spacial score (nSPS) is 17.3. The van der Waals surface area contributed by atoms with Crippen LogP contribution >= 0.6 is 0 Å². The van der Waals surface area contributed by atoms with E-state index in [0.29, 0.717) is 6.61 Å². The first kappa shape index (κ1) is 15.5. The quantitative estimate of drug-likeness (QED) is 0.405. The fourth-order valence-electron chi connectivity index (χ4n) is 4.02. The first-order valence-corrected chi connectivity index (χ1v) is 9.35. The van der Waals surface area contributed by atoms with Crippen molar-refractivity contribution < 1.29 is 4.74 Å². The zero-order chi connectivity index (χ0) is 17.3. The molecule has 0 amide bonds. The van der Waals surface area contributed by atoms with Gasteiger partial charge in [-0.15, -0.1) is 0 Å². The van der Waals surface area contributed by atoms with Crippen LogP contribution in [0.1, 0.15) is 24.8 Å².